The van der Waals surface area contributed by atoms with Gasteiger partial charge in [-0.2, -0.15) is 0 Å². The second-order valence-corrected chi connectivity index (χ2v) is 8.89. The molecule has 1 aromatic carbocycles. The summed E-state index contributed by atoms with van der Waals surface area (Å²) in [6.45, 7) is 6.33. The fourth-order valence-corrected chi connectivity index (χ4v) is 5.21. The Hall–Kier alpha value is -2.22. The number of fused-ring (bicyclic) bond motifs is 1. The zero-order valence-electron chi connectivity index (χ0n) is 17.1. The zero-order valence-corrected chi connectivity index (χ0v) is 17.9. The van der Waals surface area contributed by atoms with Crippen molar-refractivity contribution in [1.82, 2.24) is 14.4 Å². The van der Waals surface area contributed by atoms with Gasteiger partial charge < -0.3 is 15.4 Å². The largest absolute Gasteiger partial charge is 0.376 e. The summed E-state index contributed by atoms with van der Waals surface area (Å²) in [5.41, 5.74) is 8.82. The van der Waals surface area contributed by atoms with Gasteiger partial charge in [0.1, 0.15) is 11.5 Å². The molecule has 158 valence electrons. The van der Waals surface area contributed by atoms with Crippen LogP contribution in [0.5, 0.6) is 0 Å². The molecule has 2 atom stereocenters. The number of nitrogens with zero attached hydrogens (tertiary/aromatic N) is 4. The Morgan fingerprint density at radius 1 is 1.27 bits per heavy atom. The van der Waals surface area contributed by atoms with E-state index >= 15 is 0 Å². The third kappa shape index (κ3) is 2.91. The minimum absolute atomic E-state index is 0.0413. The normalized spacial score (nSPS) is 23.6. The number of imidazole rings is 1. The number of piperidine rings is 1. The van der Waals surface area contributed by atoms with E-state index in [2.05, 4.69) is 16.8 Å². The molecule has 0 radical (unpaired) electrons. The Kier molecular flexibility index (Phi) is 4.72. The van der Waals surface area contributed by atoms with Crippen LogP contribution in [0.2, 0.25) is 5.02 Å². The van der Waals surface area contributed by atoms with Gasteiger partial charge in [0.2, 0.25) is 5.95 Å². The Morgan fingerprint density at radius 3 is 2.70 bits per heavy atom. The molecule has 0 amide bonds. The van der Waals surface area contributed by atoms with Crippen LogP contribution < -0.4 is 10.6 Å². The van der Waals surface area contributed by atoms with Gasteiger partial charge in [0.05, 0.1) is 29.0 Å². The Balaban J connectivity index is 1.53. The molecule has 2 aromatic heterocycles. The number of aryl methyl sites for hydroxylation is 1. The van der Waals surface area contributed by atoms with Crippen molar-refractivity contribution in [3.05, 3.63) is 47.1 Å². The molecule has 0 bridgehead atoms. The van der Waals surface area contributed by atoms with E-state index in [1.807, 2.05) is 17.5 Å². The van der Waals surface area contributed by atoms with Crippen LogP contribution in [0.4, 0.5) is 10.3 Å². The van der Waals surface area contributed by atoms with Crippen LogP contribution in [0.25, 0.3) is 16.8 Å². The standard InChI is InChI=1S/C22H25ClFN5O/c1-13-17(18-15(23)4-3-5-16(18)24)20-26-8-11-29(20)21(27-13)28-9-6-22(7-10-28)12-30-14(2)19(22)25/h3-5,8,11,14,19H,6-7,9-10,12,25H2,1-2H3. The van der Waals surface area contributed by atoms with Crippen LogP contribution in [0.3, 0.4) is 0 Å². The summed E-state index contributed by atoms with van der Waals surface area (Å²) in [6, 6.07) is 4.76. The molecule has 5 rings (SSSR count). The minimum atomic E-state index is -0.380. The monoisotopic (exact) mass is 429 g/mol. The van der Waals surface area contributed by atoms with Crippen LogP contribution in [0.1, 0.15) is 25.5 Å². The van der Waals surface area contributed by atoms with Crippen molar-refractivity contribution >= 4 is 23.2 Å². The first kappa shape index (κ1) is 19.7. The van der Waals surface area contributed by atoms with E-state index in [-0.39, 0.29) is 23.4 Å². The molecule has 2 unspecified atom stereocenters. The van der Waals surface area contributed by atoms with Crippen LogP contribution >= 0.6 is 11.6 Å². The highest BCUT2D eigenvalue weighted by Crippen LogP contribution is 2.42. The maximum atomic E-state index is 14.7. The summed E-state index contributed by atoms with van der Waals surface area (Å²) in [5, 5.41) is 0.349. The number of anilines is 1. The van der Waals surface area contributed by atoms with Gasteiger partial charge in [-0.3, -0.25) is 4.40 Å². The first-order chi connectivity index (χ1) is 14.4. The van der Waals surface area contributed by atoms with E-state index in [0.29, 0.717) is 27.5 Å². The lowest BCUT2D eigenvalue weighted by Crippen LogP contribution is -2.51. The van der Waals surface area contributed by atoms with Gasteiger partial charge in [-0.05, 0) is 38.8 Å². The number of halogens is 2. The highest BCUT2D eigenvalue weighted by atomic mass is 35.5. The smallest absolute Gasteiger partial charge is 0.211 e. The van der Waals surface area contributed by atoms with Gasteiger partial charge in [-0.25, -0.2) is 14.4 Å². The third-order valence-corrected chi connectivity index (χ3v) is 7.13. The molecule has 2 N–H and O–H groups in total. The van der Waals surface area contributed by atoms with Gasteiger partial charge in [-0.1, -0.05) is 17.7 Å². The third-order valence-electron chi connectivity index (χ3n) is 6.81. The van der Waals surface area contributed by atoms with Gasteiger partial charge in [0.15, 0.2) is 0 Å². The van der Waals surface area contributed by atoms with E-state index in [9.17, 15) is 4.39 Å². The van der Waals surface area contributed by atoms with Gasteiger partial charge >= 0.3 is 0 Å². The molecule has 0 aliphatic carbocycles. The van der Waals surface area contributed by atoms with Gasteiger partial charge in [-0.15, -0.1) is 0 Å². The predicted molar refractivity (Wildman–Crippen MR) is 115 cm³/mol. The lowest BCUT2D eigenvalue weighted by molar-refractivity contribution is 0.0973. The average molecular weight is 430 g/mol. The zero-order chi connectivity index (χ0) is 21.0. The first-order valence-corrected chi connectivity index (χ1v) is 10.7. The molecule has 2 saturated heterocycles. The van der Waals surface area contributed by atoms with Crippen LogP contribution in [-0.2, 0) is 4.74 Å². The maximum absolute atomic E-state index is 14.7. The second-order valence-electron chi connectivity index (χ2n) is 8.48. The molecule has 3 aromatic rings. The van der Waals surface area contributed by atoms with E-state index < -0.39 is 0 Å². The van der Waals surface area contributed by atoms with Crippen molar-refractivity contribution in [3.63, 3.8) is 0 Å². The molecular weight excluding hydrogens is 405 g/mol. The highest BCUT2D eigenvalue weighted by Gasteiger charge is 2.47. The number of ether oxygens (including phenoxy) is 1. The summed E-state index contributed by atoms with van der Waals surface area (Å²) in [7, 11) is 0. The van der Waals surface area contributed by atoms with Crippen molar-refractivity contribution < 1.29 is 9.13 Å². The van der Waals surface area contributed by atoms with Crippen molar-refractivity contribution in [1.29, 1.82) is 0 Å². The lowest BCUT2D eigenvalue weighted by atomic mass is 9.73. The average Bonchev–Trinajstić information content (AvgIpc) is 3.31. The summed E-state index contributed by atoms with van der Waals surface area (Å²) < 4.78 is 22.4. The Labute approximate surface area is 179 Å². The molecule has 2 aliphatic heterocycles. The number of benzene rings is 1. The van der Waals surface area contributed by atoms with Gasteiger partial charge in [0.25, 0.3) is 0 Å². The second kappa shape index (κ2) is 7.18. The predicted octanol–water partition coefficient (Wildman–Crippen LogP) is 3.83. The molecular formula is C22H25ClFN5O. The van der Waals surface area contributed by atoms with E-state index in [1.54, 1.807) is 18.3 Å². The quantitative estimate of drug-likeness (QED) is 0.670. The molecule has 2 fully saturated rings. The van der Waals surface area contributed by atoms with E-state index in [1.165, 1.54) is 6.07 Å². The fourth-order valence-electron chi connectivity index (χ4n) is 4.95. The first-order valence-electron chi connectivity index (χ1n) is 10.3. The Morgan fingerprint density at radius 2 is 2.03 bits per heavy atom. The van der Waals surface area contributed by atoms with E-state index in [0.717, 1.165) is 38.5 Å². The van der Waals surface area contributed by atoms with Crippen LogP contribution in [0, 0.1) is 18.2 Å². The Bertz CT molecular complexity index is 1090. The number of hydrogen-bond acceptors (Lipinski definition) is 5. The number of hydrogen-bond donors (Lipinski definition) is 1. The molecule has 8 heteroatoms. The molecule has 2 aliphatic rings. The summed E-state index contributed by atoms with van der Waals surface area (Å²) in [4.78, 5) is 11.6. The summed E-state index contributed by atoms with van der Waals surface area (Å²) >= 11 is 6.35. The fraction of sp³-hybridized carbons (Fsp3) is 0.455. The topological polar surface area (TPSA) is 68.7 Å². The van der Waals surface area contributed by atoms with Crippen molar-refractivity contribution in [2.75, 3.05) is 24.6 Å². The summed E-state index contributed by atoms with van der Waals surface area (Å²) in [6.07, 6.45) is 5.59. The van der Waals surface area contributed by atoms with Gasteiger partial charge in [0, 0.05) is 42.5 Å². The van der Waals surface area contributed by atoms with Crippen LogP contribution in [0.15, 0.2) is 30.6 Å². The van der Waals surface area contributed by atoms with E-state index in [4.69, 9.17) is 27.1 Å². The van der Waals surface area contributed by atoms with Crippen molar-refractivity contribution in [2.24, 2.45) is 11.1 Å². The molecule has 1 spiro atoms. The molecule has 0 saturated carbocycles. The maximum Gasteiger partial charge on any atom is 0.211 e. The summed E-state index contributed by atoms with van der Waals surface area (Å²) in [5.74, 6) is 0.431. The van der Waals surface area contributed by atoms with Crippen molar-refractivity contribution in [2.45, 2.75) is 38.8 Å². The molecule has 6 nitrogen and oxygen atoms in total. The highest BCUT2D eigenvalue weighted by molar-refractivity contribution is 6.33. The molecule has 30 heavy (non-hydrogen) atoms. The minimum Gasteiger partial charge on any atom is -0.376 e. The number of aromatic nitrogens is 3. The molecule has 4 heterocycles. The number of rotatable bonds is 2. The van der Waals surface area contributed by atoms with Crippen LogP contribution in [-0.4, -0.2) is 46.2 Å². The van der Waals surface area contributed by atoms with Crippen molar-refractivity contribution in [3.8, 4) is 11.1 Å². The lowest BCUT2D eigenvalue weighted by Gasteiger charge is -2.41. The number of nitrogens with two attached hydrogens (primary N) is 1. The SMILES string of the molecule is Cc1nc(N2CCC3(CC2)COC(C)C3N)n2ccnc2c1-c1c(F)cccc1Cl.